The van der Waals surface area contributed by atoms with Crippen LogP contribution in [-0.2, 0) is 27.4 Å². The van der Waals surface area contributed by atoms with Crippen LogP contribution >= 0.6 is 0 Å². The molecule has 2 heterocycles. The van der Waals surface area contributed by atoms with Crippen LogP contribution in [0.3, 0.4) is 0 Å². The van der Waals surface area contributed by atoms with E-state index in [1.807, 2.05) is 0 Å². The van der Waals surface area contributed by atoms with Crippen LogP contribution in [0.2, 0.25) is 0 Å². The highest BCUT2D eigenvalue weighted by molar-refractivity contribution is 6.00. The molecule has 0 spiro atoms. The molecule has 0 aliphatic heterocycles. The number of carbonyl (C=O) groups excluding carboxylic acids is 3. The number of nitrogens with two attached hydrogens (primary N) is 1. The molecule has 12 nitrogen and oxygen atoms in total. The van der Waals surface area contributed by atoms with Crippen molar-refractivity contribution in [3.05, 3.63) is 46.8 Å². The van der Waals surface area contributed by atoms with E-state index in [0.717, 1.165) is 15.6 Å². The largest absolute Gasteiger partial charge is 0.442 e. The van der Waals surface area contributed by atoms with E-state index in [0.29, 0.717) is 17.0 Å². The smallest absolute Gasteiger partial charge is 0.436 e. The third kappa shape index (κ3) is 8.93. The SMILES string of the molecule is Cc1nc(N(C(=O)OC(C)(C)C)N(C(=O)OC(C)(C)C)c2ccc(CNC(=O)CC#N)c(C)n2)ccc1CN. The molecule has 39 heavy (non-hydrogen) atoms. The average molecular weight is 540 g/mol. The highest BCUT2D eigenvalue weighted by atomic mass is 16.6. The topological polar surface area (TPSA) is 164 Å². The Morgan fingerprint density at radius 2 is 1.31 bits per heavy atom. The van der Waals surface area contributed by atoms with Crippen LogP contribution in [0.4, 0.5) is 21.2 Å². The quantitative estimate of drug-likeness (QED) is 0.512. The molecule has 0 aromatic carbocycles. The van der Waals surface area contributed by atoms with E-state index in [2.05, 4.69) is 15.3 Å². The summed E-state index contributed by atoms with van der Waals surface area (Å²) in [4.78, 5) is 48.0. The molecular formula is C27H37N7O5. The van der Waals surface area contributed by atoms with Gasteiger partial charge in [-0.25, -0.2) is 19.6 Å². The van der Waals surface area contributed by atoms with Gasteiger partial charge in [-0.15, -0.1) is 0 Å². The van der Waals surface area contributed by atoms with Crippen LogP contribution in [-0.4, -0.2) is 39.3 Å². The summed E-state index contributed by atoms with van der Waals surface area (Å²) in [5, 5.41) is 13.3. The Labute approximate surface area is 229 Å². The standard InChI is InChI=1S/C27H37N7O5/c1-17-19(15-29)9-11-21(31-17)33(24(36)38-26(3,4)5)34(25(37)39-27(6,7)8)22-12-10-20(18(2)32-22)16-30-23(35)13-14-28/h9-12H,13,15-16,29H2,1-8H3,(H,30,35). The Morgan fingerprint density at radius 3 is 1.67 bits per heavy atom. The molecule has 12 heteroatoms. The molecule has 3 amide bonds. The Morgan fingerprint density at radius 1 is 0.872 bits per heavy atom. The minimum Gasteiger partial charge on any atom is -0.442 e. The fraction of sp³-hybridized carbons (Fsp3) is 0.481. The number of hydrogen-bond acceptors (Lipinski definition) is 9. The number of hydrogen-bond donors (Lipinski definition) is 2. The van der Waals surface area contributed by atoms with Crippen molar-refractivity contribution in [1.82, 2.24) is 15.3 Å². The Hall–Kier alpha value is -4.24. The fourth-order valence-electron chi connectivity index (χ4n) is 3.29. The van der Waals surface area contributed by atoms with E-state index in [4.69, 9.17) is 20.5 Å². The van der Waals surface area contributed by atoms with Gasteiger partial charge in [-0.05, 0) is 78.6 Å². The van der Waals surface area contributed by atoms with Crippen molar-refractivity contribution < 1.29 is 23.9 Å². The number of aromatic nitrogens is 2. The molecule has 210 valence electrons. The second-order valence-electron chi connectivity index (χ2n) is 10.7. The summed E-state index contributed by atoms with van der Waals surface area (Å²) in [5.41, 5.74) is 6.47. The van der Waals surface area contributed by atoms with Crippen molar-refractivity contribution in [3.63, 3.8) is 0 Å². The number of rotatable bonds is 6. The highest BCUT2D eigenvalue weighted by Crippen LogP contribution is 2.27. The van der Waals surface area contributed by atoms with E-state index >= 15 is 0 Å². The third-order valence-electron chi connectivity index (χ3n) is 5.06. The minimum absolute atomic E-state index is 0.0575. The van der Waals surface area contributed by atoms with Gasteiger partial charge in [0.15, 0.2) is 11.6 Å². The molecule has 0 fully saturated rings. The molecule has 0 saturated carbocycles. The van der Waals surface area contributed by atoms with E-state index < -0.39 is 29.3 Å². The van der Waals surface area contributed by atoms with Crippen molar-refractivity contribution in [2.75, 3.05) is 10.0 Å². The highest BCUT2D eigenvalue weighted by Gasteiger charge is 2.37. The van der Waals surface area contributed by atoms with Crippen molar-refractivity contribution in [3.8, 4) is 6.07 Å². The van der Waals surface area contributed by atoms with Gasteiger partial charge in [0.05, 0.1) is 6.07 Å². The Balaban J connectivity index is 2.67. The van der Waals surface area contributed by atoms with Crippen LogP contribution in [0, 0.1) is 25.2 Å². The van der Waals surface area contributed by atoms with Gasteiger partial charge in [0.1, 0.15) is 17.6 Å². The number of amides is 3. The Kier molecular flexibility index (Phi) is 9.96. The van der Waals surface area contributed by atoms with Crippen LogP contribution in [0.5, 0.6) is 0 Å². The minimum atomic E-state index is -0.901. The number of anilines is 2. The number of nitrogens with zero attached hydrogens (tertiary/aromatic N) is 5. The third-order valence-corrected chi connectivity index (χ3v) is 5.06. The summed E-state index contributed by atoms with van der Waals surface area (Å²) in [5.74, 6) is -0.269. The molecular weight excluding hydrogens is 502 g/mol. The summed E-state index contributed by atoms with van der Waals surface area (Å²) >= 11 is 0. The molecule has 0 aliphatic rings. The maximum absolute atomic E-state index is 13.6. The van der Waals surface area contributed by atoms with Crippen LogP contribution in [0.25, 0.3) is 0 Å². The molecule has 0 atom stereocenters. The molecule has 0 radical (unpaired) electrons. The summed E-state index contributed by atoms with van der Waals surface area (Å²) in [6, 6.07) is 8.24. The zero-order valence-corrected chi connectivity index (χ0v) is 23.8. The summed E-state index contributed by atoms with van der Waals surface area (Å²) in [6.45, 7) is 14.0. The lowest BCUT2D eigenvalue weighted by molar-refractivity contribution is -0.120. The van der Waals surface area contributed by atoms with Crippen molar-refractivity contribution in [2.24, 2.45) is 5.73 Å². The first-order valence-electron chi connectivity index (χ1n) is 12.4. The number of hydrazine groups is 1. The van der Waals surface area contributed by atoms with Gasteiger partial charge < -0.3 is 20.5 Å². The maximum Gasteiger partial charge on any atom is 0.436 e. The molecule has 2 rings (SSSR count). The zero-order chi connectivity index (χ0) is 29.5. The molecule has 0 unspecified atom stereocenters. The lowest BCUT2D eigenvalue weighted by Gasteiger charge is -2.35. The number of ether oxygens (including phenoxy) is 2. The van der Waals surface area contributed by atoms with Gasteiger partial charge >= 0.3 is 12.2 Å². The second-order valence-corrected chi connectivity index (χ2v) is 10.7. The molecule has 3 N–H and O–H groups in total. The predicted octanol–water partition coefficient (Wildman–Crippen LogP) is 4.18. The normalized spacial score (nSPS) is 11.3. The van der Waals surface area contributed by atoms with Crippen LogP contribution in [0.15, 0.2) is 24.3 Å². The molecule has 0 bridgehead atoms. The van der Waals surface area contributed by atoms with Gasteiger partial charge in [0.2, 0.25) is 5.91 Å². The molecule has 0 saturated heterocycles. The maximum atomic E-state index is 13.6. The first-order valence-corrected chi connectivity index (χ1v) is 12.4. The van der Waals surface area contributed by atoms with Crippen LogP contribution in [0.1, 0.15) is 70.5 Å². The van der Waals surface area contributed by atoms with Crippen molar-refractivity contribution >= 4 is 29.7 Å². The summed E-state index contributed by atoms with van der Waals surface area (Å²) < 4.78 is 11.3. The van der Waals surface area contributed by atoms with Gasteiger partial charge in [-0.2, -0.15) is 15.3 Å². The number of carbonyl (C=O) groups is 3. The number of nitriles is 1. The summed E-state index contributed by atoms with van der Waals surface area (Å²) in [7, 11) is 0. The van der Waals surface area contributed by atoms with Gasteiger partial charge in [-0.1, -0.05) is 12.1 Å². The van der Waals surface area contributed by atoms with Crippen molar-refractivity contribution in [2.45, 2.75) is 86.1 Å². The number of pyridine rings is 2. The number of nitrogens with one attached hydrogen (secondary N) is 1. The van der Waals surface area contributed by atoms with E-state index in [1.54, 1.807) is 79.7 Å². The van der Waals surface area contributed by atoms with Crippen LogP contribution < -0.4 is 21.1 Å². The van der Waals surface area contributed by atoms with Gasteiger partial charge in [0.25, 0.3) is 0 Å². The average Bonchev–Trinajstić information content (AvgIpc) is 2.79. The molecule has 2 aromatic heterocycles. The first-order chi connectivity index (χ1) is 18.1. The zero-order valence-electron chi connectivity index (χ0n) is 23.8. The monoisotopic (exact) mass is 539 g/mol. The first kappa shape index (κ1) is 31.0. The van der Waals surface area contributed by atoms with Gasteiger partial charge in [-0.3, -0.25) is 4.79 Å². The second kappa shape index (κ2) is 12.5. The molecule has 2 aromatic rings. The predicted molar refractivity (Wildman–Crippen MR) is 145 cm³/mol. The number of aryl methyl sites for hydroxylation is 2. The fourth-order valence-corrected chi connectivity index (χ4v) is 3.29. The van der Waals surface area contributed by atoms with E-state index in [1.165, 1.54) is 6.07 Å². The van der Waals surface area contributed by atoms with Crippen molar-refractivity contribution in [1.29, 1.82) is 5.26 Å². The molecule has 0 aliphatic carbocycles. The van der Waals surface area contributed by atoms with E-state index in [9.17, 15) is 14.4 Å². The summed E-state index contributed by atoms with van der Waals surface area (Å²) in [6.07, 6.45) is -2.04. The van der Waals surface area contributed by atoms with E-state index in [-0.39, 0.29) is 31.1 Å². The lowest BCUT2D eigenvalue weighted by atomic mass is 10.2. The lowest BCUT2D eigenvalue weighted by Crippen LogP contribution is -2.54. The van der Waals surface area contributed by atoms with Gasteiger partial charge in [0, 0.05) is 24.5 Å². The Bertz CT molecular complexity index is 1260.